The number of anilines is 1. The molecule has 1 N–H and O–H groups in total. The van der Waals surface area contributed by atoms with Gasteiger partial charge in [0.1, 0.15) is 9.52 Å². The fourth-order valence-corrected chi connectivity index (χ4v) is 3.24. The third-order valence-corrected chi connectivity index (χ3v) is 4.44. The van der Waals surface area contributed by atoms with Crippen LogP contribution in [0.3, 0.4) is 0 Å². The van der Waals surface area contributed by atoms with Crippen LogP contribution in [0.2, 0.25) is 0 Å². The first-order chi connectivity index (χ1) is 12.1. The van der Waals surface area contributed by atoms with Crippen molar-refractivity contribution in [1.82, 2.24) is 4.98 Å². The van der Waals surface area contributed by atoms with Crippen LogP contribution < -0.4 is 5.32 Å². The van der Waals surface area contributed by atoms with E-state index in [1.165, 1.54) is 12.1 Å². The molecule has 0 aliphatic heterocycles. The molecule has 3 nitrogen and oxygen atoms in total. The Labute approximate surface area is 165 Å². The largest absolute Gasteiger partial charge is 0.419 e. The van der Waals surface area contributed by atoms with Crippen molar-refractivity contribution in [2.75, 3.05) is 11.6 Å². The Hall–Kier alpha value is -1.62. The van der Waals surface area contributed by atoms with Gasteiger partial charge in [-0.05, 0) is 66.1 Å². The summed E-state index contributed by atoms with van der Waals surface area (Å²) < 4.78 is 52.4. The molecule has 0 saturated carbocycles. The van der Waals surface area contributed by atoms with Crippen molar-refractivity contribution in [3.05, 3.63) is 67.8 Å². The second-order valence-electron chi connectivity index (χ2n) is 5.21. The number of aryl methyl sites for hydroxylation is 1. The molecule has 9 heteroatoms. The molecule has 0 aliphatic carbocycles. The van der Waals surface area contributed by atoms with E-state index in [1.54, 1.807) is 25.3 Å². The zero-order chi connectivity index (χ0) is 19.5. The summed E-state index contributed by atoms with van der Waals surface area (Å²) in [6.07, 6.45) is -1.85. The van der Waals surface area contributed by atoms with Crippen molar-refractivity contribution < 1.29 is 22.4 Å². The summed E-state index contributed by atoms with van der Waals surface area (Å²) in [5.74, 6) is -1.67. The smallest absolute Gasteiger partial charge is 0.350 e. The Morgan fingerprint density at radius 1 is 1.27 bits per heavy atom. The first-order valence-electron chi connectivity index (χ1n) is 7.18. The molecule has 0 atom stereocenters. The number of ketones is 1. The number of benzene rings is 1. The number of nitrogens with one attached hydrogen (secondary N) is 1. The van der Waals surface area contributed by atoms with Gasteiger partial charge in [-0.3, -0.25) is 4.79 Å². The predicted molar refractivity (Wildman–Crippen MR) is 103 cm³/mol. The predicted octanol–water partition coefficient (Wildman–Crippen LogP) is 5.65. The number of halogens is 5. The molecule has 0 saturated heterocycles. The summed E-state index contributed by atoms with van der Waals surface area (Å²) in [6.45, 7) is 1.76. The number of allylic oxidation sites excluding steroid dienone is 1. The second-order valence-corrected chi connectivity index (χ2v) is 7.17. The normalized spacial score (nSPS) is 12.2. The number of alkyl halides is 3. The first kappa shape index (κ1) is 20.7. The van der Waals surface area contributed by atoms with Crippen LogP contribution in [-0.2, 0) is 6.18 Å². The number of carbonyl (C=O) groups excluding carboxylic acids is 1. The molecule has 0 fully saturated rings. The highest BCUT2D eigenvalue weighted by molar-refractivity contribution is 14.1. The molecule has 0 amide bonds. The molecular weight excluding hydrogens is 483 g/mol. The van der Waals surface area contributed by atoms with Gasteiger partial charge in [0.2, 0.25) is 0 Å². The molecule has 26 heavy (non-hydrogen) atoms. The van der Waals surface area contributed by atoms with Gasteiger partial charge < -0.3 is 5.32 Å². The molecule has 0 bridgehead atoms. The van der Waals surface area contributed by atoms with Gasteiger partial charge >= 0.3 is 6.18 Å². The van der Waals surface area contributed by atoms with E-state index in [9.17, 15) is 22.4 Å². The number of hydrogen-bond acceptors (Lipinski definition) is 4. The van der Waals surface area contributed by atoms with E-state index < -0.39 is 17.6 Å². The zero-order valence-electron chi connectivity index (χ0n) is 13.6. The Balaban J connectivity index is 2.29. The number of pyridine rings is 1. The molecule has 2 aromatic rings. The molecule has 1 heterocycles. The maximum absolute atomic E-state index is 13.4. The molecule has 0 aliphatic rings. The van der Waals surface area contributed by atoms with Crippen molar-refractivity contribution in [3.8, 4) is 0 Å². The average Bonchev–Trinajstić information content (AvgIpc) is 2.53. The highest BCUT2D eigenvalue weighted by atomic mass is 127. The van der Waals surface area contributed by atoms with Crippen molar-refractivity contribution in [1.29, 1.82) is 0 Å². The van der Waals surface area contributed by atoms with E-state index in [1.807, 2.05) is 22.6 Å². The fourth-order valence-electron chi connectivity index (χ4n) is 2.08. The van der Waals surface area contributed by atoms with Crippen molar-refractivity contribution in [2.45, 2.75) is 13.1 Å². The zero-order valence-corrected chi connectivity index (χ0v) is 16.6. The van der Waals surface area contributed by atoms with Crippen LogP contribution in [0, 0.1) is 16.4 Å². The summed E-state index contributed by atoms with van der Waals surface area (Å²) in [5.41, 5.74) is -0.229. The minimum Gasteiger partial charge on any atom is -0.350 e. The molecule has 2 rings (SSSR count). The standard InChI is InChI=1S/C17H13F4IN2OS/c1-9-5-10(6-15(22)23-9)14(25)8-16(26-2)24-11-3-4-13(18)12(7-11)17(19,20)21/h3-8,24H,1-2H3/b16-8+. The van der Waals surface area contributed by atoms with Gasteiger partial charge in [-0.25, -0.2) is 9.37 Å². The molecule has 0 unspecified atom stereocenters. The van der Waals surface area contributed by atoms with Gasteiger partial charge in [0.15, 0.2) is 5.78 Å². The molecular formula is C17H13F4IN2OS. The molecule has 0 radical (unpaired) electrons. The highest BCUT2D eigenvalue weighted by Gasteiger charge is 2.34. The average molecular weight is 496 g/mol. The van der Waals surface area contributed by atoms with Crippen LogP contribution in [0.25, 0.3) is 0 Å². The third kappa shape index (κ3) is 5.44. The highest BCUT2D eigenvalue weighted by Crippen LogP contribution is 2.33. The van der Waals surface area contributed by atoms with E-state index in [4.69, 9.17) is 0 Å². The van der Waals surface area contributed by atoms with Crippen LogP contribution in [-0.4, -0.2) is 17.0 Å². The van der Waals surface area contributed by atoms with E-state index in [2.05, 4.69) is 10.3 Å². The molecule has 1 aromatic heterocycles. The lowest BCUT2D eigenvalue weighted by molar-refractivity contribution is -0.139. The van der Waals surface area contributed by atoms with E-state index in [0.717, 1.165) is 17.8 Å². The number of rotatable bonds is 5. The van der Waals surface area contributed by atoms with Crippen molar-refractivity contribution in [2.24, 2.45) is 0 Å². The van der Waals surface area contributed by atoms with Gasteiger partial charge in [0.25, 0.3) is 0 Å². The van der Waals surface area contributed by atoms with Gasteiger partial charge in [-0.2, -0.15) is 13.2 Å². The Kier molecular flexibility index (Phi) is 6.67. The summed E-state index contributed by atoms with van der Waals surface area (Å²) in [4.78, 5) is 16.6. The van der Waals surface area contributed by atoms with Gasteiger partial charge in [-0.15, -0.1) is 11.8 Å². The number of carbonyl (C=O) groups is 1. The van der Waals surface area contributed by atoms with Crippen LogP contribution in [0.15, 0.2) is 41.4 Å². The Morgan fingerprint density at radius 2 is 1.96 bits per heavy atom. The van der Waals surface area contributed by atoms with Crippen LogP contribution in [0.1, 0.15) is 21.6 Å². The number of aromatic nitrogens is 1. The minimum atomic E-state index is -4.80. The van der Waals surface area contributed by atoms with Crippen molar-refractivity contribution in [3.63, 3.8) is 0 Å². The monoisotopic (exact) mass is 496 g/mol. The fraction of sp³-hybridized carbons (Fsp3) is 0.176. The molecule has 1 aromatic carbocycles. The Bertz CT molecular complexity index is 848. The SMILES string of the molecule is CS/C(=C/C(=O)c1cc(C)nc(I)c1)Nc1ccc(F)c(C(F)(F)F)c1. The summed E-state index contributed by atoms with van der Waals surface area (Å²) >= 11 is 3.14. The van der Waals surface area contributed by atoms with E-state index in [-0.39, 0.29) is 11.5 Å². The third-order valence-electron chi connectivity index (χ3n) is 3.23. The van der Waals surface area contributed by atoms with E-state index in [0.29, 0.717) is 26.1 Å². The second kappa shape index (κ2) is 8.38. The molecule has 0 spiro atoms. The maximum Gasteiger partial charge on any atom is 0.419 e. The number of nitrogens with zero attached hydrogens (tertiary/aromatic N) is 1. The lowest BCUT2D eigenvalue weighted by atomic mass is 10.1. The quantitative estimate of drug-likeness (QED) is 0.191. The summed E-state index contributed by atoms with van der Waals surface area (Å²) in [7, 11) is 0. The minimum absolute atomic E-state index is 0.0348. The Morgan fingerprint density at radius 3 is 2.54 bits per heavy atom. The van der Waals surface area contributed by atoms with Crippen molar-refractivity contribution >= 4 is 45.8 Å². The van der Waals surface area contributed by atoms with Crippen LogP contribution >= 0.6 is 34.4 Å². The van der Waals surface area contributed by atoms with E-state index >= 15 is 0 Å². The summed E-state index contributed by atoms with van der Waals surface area (Å²) in [6, 6.07) is 5.82. The topological polar surface area (TPSA) is 42.0 Å². The maximum atomic E-state index is 13.4. The van der Waals surface area contributed by atoms with Crippen LogP contribution in [0.4, 0.5) is 23.2 Å². The summed E-state index contributed by atoms with van der Waals surface area (Å²) in [5, 5.41) is 3.05. The van der Waals surface area contributed by atoms with Crippen LogP contribution in [0.5, 0.6) is 0 Å². The number of hydrogen-bond donors (Lipinski definition) is 1. The van der Waals surface area contributed by atoms with Gasteiger partial charge in [-0.1, -0.05) is 0 Å². The van der Waals surface area contributed by atoms with Gasteiger partial charge in [0, 0.05) is 23.0 Å². The lowest BCUT2D eigenvalue weighted by Crippen LogP contribution is -2.09. The number of thioether (sulfide) groups is 1. The lowest BCUT2D eigenvalue weighted by Gasteiger charge is -2.13. The first-order valence-corrected chi connectivity index (χ1v) is 9.48. The molecule has 138 valence electrons. The van der Waals surface area contributed by atoms with Gasteiger partial charge in [0.05, 0.1) is 10.6 Å².